The highest BCUT2D eigenvalue weighted by atomic mass is 14.8. The first-order chi connectivity index (χ1) is 16.2. The number of rotatable bonds is 3. The van der Waals surface area contributed by atoms with Crippen molar-refractivity contribution in [3.63, 3.8) is 0 Å². The van der Waals surface area contributed by atoms with Gasteiger partial charge in [0.1, 0.15) is 0 Å². The number of nitrogens with one attached hydrogen (secondary N) is 2. The Kier molecular flexibility index (Phi) is 4.62. The van der Waals surface area contributed by atoms with Gasteiger partial charge in [-0.1, -0.05) is 30.3 Å². The molecule has 4 heteroatoms. The van der Waals surface area contributed by atoms with Crippen molar-refractivity contribution in [2.45, 2.75) is 6.42 Å². The lowest BCUT2D eigenvalue weighted by atomic mass is 10.0. The van der Waals surface area contributed by atoms with Gasteiger partial charge in [0.05, 0.1) is 22.8 Å². The summed E-state index contributed by atoms with van der Waals surface area (Å²) in [6.45, 7) is 3.84. The summed E-state index contributed by atoms with van der Waals surface area (Å²) in [5.41, 5.74) is 11.2. The molecular formula is C29H22N4. The van der Waals surface area contributed by atoms with Crippen LogP contribution >= 0.6 is 0 Å². The maximum Gasteiger partial charge on any atom is 0.0736 e. The van der Waals surface area contributed by atoms with Gasteiger partial charge < -0.3 is 9.97 Å². The molecule has 8 bridgehead atoms. The molecule has 0 aliphatic carbocycles. The van der Waals surface area contributed by atoms with Crippen LogP contribution in [0.1, 0.15) is 33.9 Å². The van der Waals surface area contributed by atoms with E-state index in [2.05, 4.69) is 95.4 Å². The molecule has 5 heterocycles. The second-order valence-corrected chi connectivity index (χ2v) is 8.28. The van der Waals surface area contributed by atoms with Gasteiger partial charge in [0.15, 0.2) is 0 Å². The topological polar surface area (TPSA) is 57.4 Å². The van der Waals surface area contributed by atoms with Crippen molar-refractivity contribution in [1.29, 1.82) is 0 Å². The Morgan fingerprint density at radius 1 is 0.667 bits per heavy atom. The van der Waals surface area contributed by atoms with Crippen molar-refractivity contribution in [1.82, 2.24) is 19.9 Å². The Morgan fingerprint density at radius 3 is 1.85 bits per heavy atom. The summed E-state index contributed by atoms with van der Waals surface area (Å²) >= 11 is 0. The summed E-state index contributed by atoms with van der Waals surface area (Å²) in [6.07, 6.45) is 9.00. The van der Waals surface area contributed by atoms with Crippen LogP contribution in [0.2, 0.25) is 0 Å². The zero-order valence-corrected chi connectivity index (χ0v) is 18.0. The number of fused-ring (bicyclic) bond motifs is 8. The lowest BCUT2D eigenvalue weighted by Crippen LogP contribution is -1.87. The molecule has 2 N–H and O–H groups in total. The zero-order chi connectivity index (χ0) is 22.2. The fourth-order valence-electron chi connectivity index (χ4n) is 4.23. The van der Waals surface area contributed by atoms with Crippen LogP contribution in [0.4, 0.5) is 0 Å². The Labute approximate surface area is 191 Å². The Hall–Kier alpha value is -4.44. The first kappa shape index (κ1) is 19.3. The predicted molar refractivity (Wildman–Crippen MR) is 137 cm³/mol. The largest absolute Gasteiger partial charge is 0.355 e. The molecule has 0 spiro atoms. The molecule has 6 rings (SSSR count). The summed E-state index contributed by atoms with van der Waals surface area (Å²) in [7, 11) is 0. The van der Waals surface area contributed by atoms with E-state index in [9.17, 15) is 0 Å². The molecule has 0 saturated heterocycles. The van der Waals surface area contributed by atoms with Crippen LogP contribution in [0, 0.1) is 0 Å². The maximum absolute atomic E-state index is 4.95. The normalized spacial score (nSPS) is 12.5. The first-order valence-corrected chi connectivity index (χ1v) is 11.0. The molecule has 158 valence electrons. The number of hydrogen-bond donors (Lipinski definition) is 2. The van der Waals surface area contributed by atoms with Gasteiger partial charge in [-0.15, -0.1) is 6.58 Å². The lowest BCUT2D eigenvalue weighted by molar-refractivity contribution is 1.27. The minimum Gasteiger partial charge on any atom is -0.355 e. The summed E-state index contributed by atoms with van der Waals surface area (Å²) in [5, 5.41) is 0. The SMILES string of the molecule is C=CCc1ccc(C2=Cc3cc4ccc(cc5nc(cc6ccc(cc2n3)[nH]6)C=C5)[nH]4)cc1. The van der Waals surface area contributed by atoms with Gasteiger partial charge in [-0.3, -0.25) is 0 Å². The molecule has 0 fully saturated rings. The third-order valence-electron chi connectivity index (χ3n) is 5.81. The standard InChI is InChI=1S/C29H22N4/c1-2-3-19-4-6-20(7-5-19)28-17-27-16-25-11-10-23(31-25)14-21-8-9-22(30-21)15-24-12-13-26(32-24)18-29(28)33-27/h2,4-18,31-32H,1,3H2. The van der Waals surface area contributed by atoms with E-state index in [1.54, 1.807) is 0 Å². The highest BCUT2D eigenvalue weighted by Gasteiger charge is 2.13. The number of nitrogens with zero attached hydrogens (tertiary/aromatic N) is 2. The van der Waals surface area contributed by atoms with Crippen LogP contribution in [0.5, 0.6) is 0 Å². The fraction of sp³-hybridized carbons (Fsp3) is 0.0345. The van der Waals surface area contributed by atoms with Gasteiger partial charge in [0.25, 0.3) is 0 Å². The number of H-pyrrole nitrogens is 2. The van der Waals surface area contributed by atoms with Crippen LogP contribution in [0.25, 0.3) is 45.9 Å². The van der Waals surface area contributed by atoms with Crippen molar-refractivity contribution in [2.75, 3.05) is 0 Å². The van der Waals surface area contributed by atoms with E-state index in [0.29, 0.717) is 0 Å². The molecule has 1 aromatic carbocycles. The van der Waals surface area contributed by atoms with Gasteiger partial charge >= 0.3 is 0 Å². The van der Waals surface area contributed by atoms with E-state index in [-0.39, 0.29) is 0 Å². The van der Waals surface area contributed by atoms with Crippen molar-refractivity contribution in [3.8, 4) is 0 Å². The van der Waals surface area contributed by atoms with Crippen LogP contribution in [-0.4, -0.2) is 19.9 Å². The molecule has 0 amide bonds. The molecule has 0 unspecified atom stereocenters. The van der Waals surface area contributed by atoms with E-state index >= 15 is 0 Å². The minimum absolute atomic E-state index is 0.866. The summed E-state index contributed by atoms with van der Waals surface area (Å²) < 4.78 is 0. The Balaban J connectivity index is 1.57. The van der Waals surface area contributed by atoms with Crippen LogP contribution in [-0.2, 0) is 6.42 Å². The van der Waals surface area contributed by atoms with E-state index in [1.165, 1.54) is 5.56 Å². The molecule has 0 atom stereocenters. The van der Waals surface area contributed by atoms with Gasteiger partial charge in [-0.25, -0.2) is 9.97 Å². The second kappa shape index (κ2) is 7.92. The van der Waals surface area contributed by atoms with Crippen molar-refractivity contribution in [3.05, 3.63) is 119 Å². The zero-order valence-electron chi connectivity index (χ0n) is 18.0. The number of aromatic nitrogens is 4. The quantitative estimate of drug-likeness (QED) is 0.306. The smallest absolute Gasteiger partial charge is 0.0736 e. The summed E-state index contributed by atoms with van der Waals surface area (Å²) in [4.78, 5) is 16.6. The van der Waals surface area contributed by atoms with Crippen molar-refractivity contribution in [2.24, 2.45) is 0 Å². The van der Waals surface area contributed by atoms with Gasteiger partial charge in [-0.2, -0.15) is 0 Å². The molecular weight excluding hydrogens is 404 g/mol. The average Bonchev–Trinajstić information content (AvgIpc) is 3.60. The van der Waals surface area contributed by atoms with Crippen molar-refractivity contribution >= 4 is 45.9 Å². The van der Waals surface area contributed by atoms with Gasteiger partial charge in [0, 0.05) is 27.6 Å². The molecule has 2 aliphatic heterocycles. The molecule has 4 nitrogen and oxygen atoms in total. The predicted octanol–water partition coefficient (Wildman–Crippen LogP) is 6.80. The number of aromatic amines is 2. The van der Waals surface area contributed by atoms with Crippen molar-refractivity contribution < 1.29 is 0 Å². The number of benzene rings is 1. The van der Waals surface area contributed by atoms with Gasteiger partial charge in [-0.05, 0) is 84.3 Å². The molecule has 33 heavy (non-hydrogen) atoms. The number of hydrogen-bond acceptors (Lipinski definition) is 2. The second-order valence-electron chi connectivity index (χ2n) is 8.28. The monoisotopic (exact) mass is 426 g/mol. The maximum atomic E-state index is 4.95. The Morgan fingerprint density at radius 2 is 1.24 bits per heavy atom. The molecule has 2 aliphatic rings. The summed E-state index contributed by atoms with van der Waals surface area (Å²) in [5.74, 6) is 0. The molecule has 0 saturated carbocycles. The first-order valence-electron chi connectivity index (χ1n) is 11.0. The lowest BCUT2D eigenvalue weighted by Gasteiger charge is -2.04. The van der Waals surface area contributed by atoms with Crippen LogP contribution in [0.3, 0.4) is 0 Å². The molecule has 0 radical (unpaired) electrons. The minimum atomic E-state index is 0.866. The third-order valence-corrected chi connectivity index (χ3v) is 5.81. The van der Waals surface area contributed by atoms with E-state index < -0.39 is 0 Å². The van der Waals surface area contributed by atoms with E-state index in [1.807, 2.05) is 18.2 Å². The molecule has 4 aromatic rings. The third kappa shape index (κ3) is 3.94. The Bertz CT molecular complexity index is 1590. The fourth-order valence-corrected chi connectivity index (χ4v) is 4.23. The number of allylic oxidation sites excluding steroid dienone is 1. The molecule has 3 aromatic heterocycles. The van der Waals surface area contributed by atoms with E-state index in [0.717, 1.165) is 62.4 Å². The van der Waals surface area contributed by atoms with Crippen LogP contribution < -0.4 is 0 Å². The van der Waals surface area contributed by atoms with Gasteiger partial charge in [0.2, 0.25) is 0 Å². The highest BCUT2D eigenvalue weighted by Crippen LogP contribution is 2.29. The highest BCUT2D eigenvalue weighted by molar-refractivity contribution is 5.93. The van der Waals surface area contributed by atoms with E-state index in [4.69, 9.17) is 9.97 Å². The van der Waals surface area contributed by atoms with Crippen LogP contribution in [0.15, 0.2) is 85.5 Å². The summed E-state index contributed by atoms with van der Waals surface area (Å²) in [6, 6.07) is 25.2. The average molecular weight is 427 g/mol.